The third-order valence-electron chi connectivity index (χ3n) is 5.56. The molecule has 98 valence electrons. The molecule has 0 aromatic rings. The van der Waals surface area contributed by atoms with Gasteiger partial charge in [0.1, 0.15) is 0 Å². The highest BCUT2D eigenvalue weighted by Crippen LogP contribution is 2.46. The summed E-state index contributed by atoms with van der Waals surface area (Å²) in [4.78, 5) is 2.93. The molecule has 3 unspecified atom stereocenters. The van der Waals surface area contributed by atoms with Crippen LogP contribution in [0, 0.1) is 5.41 Å². The molecule has 1 N–H and O–H groups in total. The maximum absolute atomic E-state index is 3.51. The fourth-order valence-corrected chi connectivity index (χ4v) is 4.70. The van der Waals surface area contributed by atoms with E-state index < -0.39 is 0 Å². The molecule has 1 aliphatic carbocycles. The molecule has 1 saturated carbocycles. The molecule has 2 heterocycles. The number of rotatable bonds is 2. The third-order valence-corrected chi connectivity index (χ3v) is 5.56. The van der Waals surface area contributed by atoms with E-state index in [1.807, 2.05) is 0 Å². The Hall–Kier alpha value is -0.0800. The minimum absolute atomic E-state index is 0.601. The molecule has 3 fully saturated rings. The number of hydrogen-bond donors (Lipinski definition) is 1. The van der Waals surface area contributed by atoms with Crippen LogP contribution in [0.15, 0.2) is 0 Å². The summed E-state index contributed by atoms with van der Waals surface area (Å²) >= 11 is 0. The van der Waals surface area contributed by atoms with Crippen LogP contribution >= 0.6 is 0 Å². The van der Waals surface area contributed by atoms with Crippen molar-refractivity contribution in [1.29, 1.82) is 0 Å². The lowest BCUT2D eigenvalue weighted by atomic mass is 9.90. The average molecular weight is 236 g/mol. The van der Waals surface area contributed by atoms with E-state index in [9.17, 15) is 0 Å². The monoisotopic (exact) mass is 236 g/mol. The Morgan fingerprint density at radius 3 is 2.12 bits per heavy atom. The molecular weight excluding hydrogens is 208 g/mol. The van der Waals surface area contributed by atoms with E-state index >= 15 is 0 Å². The predicted molar refractivity (Wildman–Crippen MR) is 72.2 cm³/mol. The van der Waals surface area contributed by atoms with Crippen LogP contribution in [0.5, 0.6) is 0 Å². The van der Waals surface area contributed by atoms with Crippen molar-refractivity contribution in [2.24, 2.45) is 5.41 Å². The van der Waals surface area contributed by atoms with E-state index in [-0.39, 0.29) is 0 Å². The Balaban J connectivity index is 1.69. The maximum atomic E-state index is 3.51. The molecule has 3 aliphatic rings. The Bertz CT molecular complexity index is 273. The molecule has 17 heavy (non-hydrogen) atoms. The molecule has 2 nitrogen and oxygen atoms in total. The number of hydrogen-bond acceptors (Lipinski definition) is 2. The molecule has 2 bridgehead atoms. The summed E-state index contributed by atoms with van der Waals surface area (Å²) in [5.74, 6) is 0. The van der Waals surface area contributed by atoms with Crippen LogP contribution in [0.3, 0.4) is 0 Å². The van der Waals surface area contributed by atoms with Crippen molar-refractivity contribution >= 4 is 0 Å². The lowest BCUT2D eigenvalue weighted by molar-refractivity contribution is 0.0692. The van der Waals surface area contributed by atoms with Crippen molar-refractivity contribution in [3.8, 4) is 0 Å². The van der Waals surface area contributed by atoms with Gasteiger partial charge in [-0.15, -0.1) is 0 Å². The predicted octanol–water partition coefficient (Wildman–Crippen LogP) is 2.78. The highest BCUT2D eigenvalue weighted by atomic mass is 15.3. The summed E-state index contributed by atoms with van der Waals surface area (Å²) < 4.78 is 0. The highest BCUT2D eigenvalue weighted by Gasteiger charge is 2.46. The van der Waals surface area contributed by atoms with Gasteiger partial charge in [-0.05, 0) is 57.4 Å². The van der Waals surface area contributed by atoms with Crippen molar-refractivity contribution in [3.63, 3.8) is 0 Å². The van der Waals surface area contributed by atoms with Gasteiger partial charge in [-0.1, -0.05) is 13.8 Å². The van der Waals surface area contributed by atoms with Crippen molar-refractivity contribution < 1.29 is 0 Å². The van der Waals surface area contributed by atoms with E-state index in [2.05, 4.69) is 31.1 Å². The summed E-state index contributed by atoms with van der Waals surface area (Å²) in [6.45, 7) is 4.91. The van der Waals surface area contributed by atoms with E-state index in [0.717, 1.165) is 24.2 Å². The Morgan fingerprint density at radius 2 is 1.65 bits per heavy atom. The number of nitrogens with zero attached hydrogens (tertiary/aromatic N) is 1. The Morgan fingerprint density at radius 1 is 1.00 bits per heavy atom. The fourth-order valence-electron chi connectivity index (χ4n) is 4.70. The van der Waals surface area contributed by atoms with Crippen LogP contribution in [0.1, 0.15) is 58.8 Å². The molecule has 0 aromatic carbocycles. The van der Waals surface area contributed by atoms with Crippen LogP contribution in [0.2, 0.25) is 0 Å². The smallest absolute Gasteiger partial charge is 0.0116 e. The summed E-state index contributed by atoms with van der Waals surface area (Å²) in [6.07, 6.45) is 10.0. The largest absolute Gasteiger partial charge is 0.317 e. The van der Waals surface area contributed by atoms with Crippen LogP contribution in [0.25, 0.3) is 0 Å². The lowest BCUT2D eigenvalue weighted by Crippen LogP contribution is -2.52. The first kappa shape index (κ1) is 12.0. The summed E-state index contributed by atoms with van der Waals surface area (Å²) in [7, 11) is 2.14. The van der Waals surface area contributed by atoms with Crippen molar-refractivity contribution in [1.82, 2.24) is 10.2 Å². The van der Waals surface area contributed by atoms with Crippen LogP contribution in [0.4, 0.5) is 0 Å². The number of nitrogens with one attached hydrogen (secondary N) is 1. The summed E-state index contributed by atoms with van der Waals surface area (Å²) in [6, 6.07) is 3.48. The Labute approximate surface area is 106 Å². The molecule has 3 atom stereocenters. The van der Waals surface area contributed by atoms with E-state index in [1.54, 1.807) is 0 Å². The third kappa shape index (κ3) is 2.15. The zero-order valence-electron chi connectivity index (χ0n) is 11.7. The average Bonchev–Trinajstić information content (AvgIpc) is 2.76. The van der Waals surface area contributed by atoms with E-state index in [4.69, 9.17) is 0 Å². The fraction of sp³-hybridized carbons (Fsp3) is 1.00. The van der Waals surface area contributed by atoms with Gasteiger partial charge in [-0.2, -0.15) is 0 Å². The quantitative estimate of drug-likeness (QED) is 0.793. The summed E-state index contributed by atoms with van der Waals surface area (Å²) in [5, 5.41) is 3.51. The second-order valence-corrected chi connectivity index (χ2v) is 7.35. The normalized spacial score (nSPS) is 45.4. The number of piperidine rings is 1. The van der Waals surface area contributed by atoms with Crippen molar-refractivity contribution in [2.75, 3.05) is 7.05 Å². The van der Waals surface area contributed by atoms with Crippen molar-refractivity contribution in [2.45, 2.75) is 83.0 Å². The van der Waals surface area contributed by atoms with Gasteiger partial charge in [0.2, 0.25) is 0 Å². The molecule has 2 aliphatic heterocycles. The van der Waals surface area contributed by atoms with Crippen LogP contribution in [-0.2, 0) is 0 Å². The lowest BCUT2D eigenvalue weighted by Gasteiger charge is -2.43. The minimum Gasteiger partial charge on any atom is -0.317 e. The van der Waals surface area contributed by atoms with Gasteiger partial charge in [0.15, 0.2) is 0 Å². The van der Waals surface area contributed by atoms with Gasteiger partial charge in [-0.25, -0.2) is 0 Å². The number of fused-ring (bicyclic) bond motifs is 2. The second kappa shape index (κ2) is 4.24. The molecular formula is C15H28N2. The van der Waals surface area contributed by atoms with Gasteiger partial charge in [0, 0.05) is 24.2 Å². The molecule has 0 spiro atoms. The van der Waals surface area contributed by atoms with Gasteiger partial charge in [-0.3, -0.25) is 4.90 Å². The van der Waals surface area contributed by atoms with E-state index in [1.165, 1.54) is 44.9 Å². The molecule has 0 aromatic heterocycles. The van der Waals surface area contributed by atoms with Gasteiger partial charge in [0.05, 0.1) is 0 Å². The standard InChI is InChI=1S/C15H28N2/c1-15(2)7-6-14(10-15)17-12-4-5-13(17)9-11(8-12)16-3/h11-14,16H,4-10H2,1-3H3. The van der Waals surface area contributed by atoms with Crippen LogP contribution < -0.4 is 5.32 Å². The molecule has 0 radical (unpaired) electrons. The second-order valence-electron chi connectivity index (χ2n) is 7.35. The van der Waals surface area contributed by atoms with E-state index in [0.29, 0.717) is 5.41 Å². The van der Waals surface area contributed by atoms with Gasteiger partial charge in [0.25, 0.3) is 0 Å². The van der Waals surface area contributed by atoms with Crippen LogP contribution in [-0.4, -0.2) is 36.1 Å². The zero-order chi connectivity index (χ0) is 12.0. The molecule has 0 amide bonds. The summed E-state index contributed by atoms with van der Waals surface area (Å²) in [5.41, 5.74) is 0.601. The molecule has 3 rings (SSSR count). The highest BCUT2D eigenvalue weighted by molar-refractivity contribution is 5.02. The molecule has 2 saturated heterocycles. The maximum Gasteiger partial charge on any atom is 0.0116 e. The van der Waals surface area contributed by atoms with Gasteiger partial charge < -0.3 is 5.32 Å². The first-order valence-electron chi connectivity index (χ1n) is 7.54. The Kier molecular flexibility index (Phi) is 2.99. The minimum atomic E-state index is 0.601. The first-order chi connectivity index (χ1) is 8.09. The first-order valence-corrected chi connectivity index (χ1v) is 7.54. The molecule has 2 heteroatoms. The zero-order valence-corrected chi connectivity index (χ0v) is 11.7. The topological polar surface area (TPSA) is 15.3 Å². The SMILES string of the molecule is CNC1CC2CCC(C1)N2C1CCC(C)(C)C1. The van der Waals surface area contributed by atoms with Crippen molar-refractivity contribution in [3.05, 3.63) is 0 Å². The van der Waals surface area contributed by atoms with Gasteiger partial charge >= 0.3 is 0 Å².